The largest absolute Gasteiger partial charge is 0.496 e. The highest BCUT2D eigenvalue weighted by Crippen LogP contribution is 2.33. The molecule has 300 valence electrons. The smallest absolute Gasteiger partial charge is 0.415 e. The summed E-state index contributed by atoms with van der Waals surface area (Å²) in [4.78, 5) is 45.6. The number of ether oxygens (including phenoxy) is 2. The number of methoxy groups -OCH3 is 1. The Morgan fingerprint density at radius 1 is 0.964 bits per heavy atom. The van der Waals surface area contributed by atoms with Gasteiger partial charge in [0.2, 0.25) is 5.91 Å². The van der Waals surface area contributed by atoms with Crippen LogP contribution in [0.2, 0.25) is 5.02 Å². The number of piperazine rings is 1. The first-order valence-electron chi connectivity index (χ1n) is 19.4. The van der Waals surface area contributed by atoms with E-state index < -0.39 is 28.0 Å². The van der Waals surface area contributed by atoms with Gasteiger partial charge in [0.25, 0.3) is 0 Å². The Morgan fingerprint density at radius 2 is 1.73 bits per heavy atom. The third kappa shape index (κ3) is 11.6. The van der Waals surface area contributed by atoms with Gasteiger partial charge in [-0.2, -0.15) is 0 Å². The van der Waals surface area contributed by atoms with Crippen LogP contribution in [-0.2, 0) is 32.4 Å². The van der Waals surface area contributed by atoms with Crippen molar-refractivity contribution in [1.82, 2.24) is 15.1 Å². The summed E-state index contributed by atoms with van der Waals surface area (Å²) in [5.74, 6) is 1.06. The number of amides is 2. The number of ketones is 1. The quantitative estimate of drug-likeness (QED) is 0.153. The van der Waals surface area contributed by atoms with Crippen LogP contribution in [0.5, 0.6) is 11.5 Å². The molecule has 5 rings (SSSR count). The molecule has 2 amide bonds. The van der Waals surface area contributed by atoms with Crippen LogP contribution >= 0.6 is 11.6 Å². The second kappa shape index (κ2) is 19.9. The molecule has 2 atom stereocenters. The van der Waals surface area contributed by atoms with Crippen LogP contribution in [0.4, 0.5) is 4.79 Å². The number of nitrogens with zero attached hydrogens (tertiary/aromatic N) is 2. The summed E-state index contributed by atoms with van der Waals surface area (Å²) in [6.07, 6.45) is 7.17. The lowest BCUT2D eigenvalue weighted by atomic mass is 9.85. The fourth-order valence-corrected chi connectivity index (χ4v) is 8.71. The van der Waals surface area contributed by atoms with Crippen molar-refractivity contribution in [1.29, 1.82) is 0 Å². The fourth-order valence-electron chi connectivity index (χ4n) is 7.70. The van der Waals surface area contributed by atoms with E-state index in [9.17, 15) is 22.8 Å². The molecule has 2 aliphatic rings. The second-order valence-electron chi connectivity index (χ2n) is 14.9. The minimum absolute atomic E-state index is 0.0350. The molecular weight excluding hydrogens is 742 g/mol. The number of Topliss-reactive ketones (excluding diaryl/α,β-unsaturated/α-hetero) is 1. The van der Waals surface area contributed by atoms with E-state index in [-0.39, 0.29) is 55.3 Å². The van der Waals surface area contributed by atoms with E-state index >= 15 is 0 Å². The molecule has 1 saturated carbocycles. The number of benzene rings is 3. The third-order valence-electron chi connectivity index (χ3n) is 11.0. The van der Waals surface area contributed by atoms with Crippen molar-refractivity contribution < 1.29 is 32.3 Å². The lowest BCUT2D eigenvalue weighted by Gasteiger charge is -2.42. The summed E-state index contributed by atoms with van der Waals surface area (Å²) in [5.41, 5.74) is 13.6. The van der Waals surface area contributed by atoms with Crippen molar-refractivity contribution in [2.75, 3.05) is 45.3 Å². The number of fused-ring (bicyclic) bond motifs is 1. The molecule has 14 heteroatoms. The topological polar surface area (TPSA) is 174 Å². The molecule has 3 aromatic rings. The zero-order valence-electron chi connectivity index (χ0n) is 32.0. The van der Waals surface area contributed by atoms with Crippen LogP contribution in [0.15, 0.2) is 54.6 Å². The number of hydrogen-bond donors (Lipinski definition) is 3. The lowest BCUT2D eigenvalue weighted by molar-refractivity contribution is -0.144. The average Bonchev–Trinajstić information content (AvgIpc) is 3.19. The van der Waals surface area contributed by atoms with Crippen LogP contribution in [0.1, 0.15) is 68.9 Å². The normalized spacial score (nSPS) is 19.6. The molecule has 5 N–H and O–H groups in total. The number of carbonyl (C=O) groups is 3. The van der Waals surface area contributed by atoms with Gasteiger partial charge in [-0.3, -0.25) is 9.59 Å². The molecule has 3 aromatic carbocycles. The Hall–Kier alpha value is -3.75. The SMILES string of the molecule is COc1cc(CCC(=O)[C@@H]2CN(C(=O)Oc3ccc4ccccc4c3Cl)CCN2C(=O)[C@@H](CCCCCS(C)(=O)=O)NC2CCC(CN)CC2)ccc1CN. The van der Waals surface area contributed by atoms with Gasteiger partial charge in [0.15, 0.2) is 11.5 Å². The van der Waals surface area contributed by atoms with E-state index in [0.717, 1.165) is 47.6 Å². The first kappa shape index (κ1) is 42.4. The van der Waals surface area contributed by atoms with Gasteiger partial charge in [0.1, 0.15) is 21.6 Å². The highest BCUT2D eigenvalue weighted by atomic mass is 35.5. The zero-order valence-corrected chi connectivity index (χ0v) is 33.6. The number of unbranched alkanes of at least 4 members (excludes halogenated alkanes) is 2. The molecule has 2 fully saturated rings. The van der Waals surface area contributed by atoms with E-state index in [0.29, 0.717) is 61.9 Å². The summed E-state index contributed by atoms with van der Waals surface area (Å²) in [6, 6.07) is 15.3. The molecule has 0 unspecified atom stereocenters. The molecule has 12 nitrogen and oxygen atoms in total. The van der Waals surface area contributed by atoms with Crippen molar-refractivity contribution >= 4 is 50.0 Å². The van der Waals surface area contributed by atoms with E-state index in [1.54, 1.807) is 18.1 Å². The molecule has 0 spiro atoms. The van der Waals surface area contributed by atoms with E-state index in [4.69, 9.17) is 32.5 Å². The van der Waals surface area contributed by atoms with Gasteiger partial charge in [-0.15, -0.1) is 0 Å². The highest BCUT2D eigenvalue weighted by Gasteiger charge is 2.40. The maximum absolute atomic E-state index is 14.6. The maximum atomic E-state index is 14.6. The maximum Gasteiger partial charge on any atom is 0.415 e. The fraction of sp³-hybridized carbons (Fsp3) is 0.537. The van der Waals surface area contributed by atoms with Gasteiger partial charge in [-0.05, 0) is 80.5 Å². The third-order valence-corrected chi connectivity index (χ3v) is 12.4. The first-order chi connectivity index (χ1) is 26.4. The monoisotopic (exact) mass is 797 g/mol. The summed E-state index contributed by atoms with van der Waals surface area (Å²) in [5, 5.41) is 5.60. The molecule has 0 aromatic heterocycles. The van der Waals surface area contributed by atoms with E-state index in [1.165, 1.54) is 11.2 Å². The number of rotatable bonds is 17. The molecule has 1 heterocycles. The second-order valence-corrected chi connectivity index (χ2v) is 17.6. The molecule has 0 radical (unpaired) electrons. The number of halogens is 1. The Morgan fingerprint density at radius 3 is 2.44 bits per heavy atom. The predicted octanol–water partition coefficient (Wildman–Crippen LogP) is 5.25. The standard InChI is InChI=1S/C41H56ClN5O7S/c1-53-38-24-28(11-15-31(38)26-44)14-19-36(48)35-27-46(41(50)54-37-20-16-30-8-5-6-9-33(30)39(37)42)21-22-47(35)40(49)34(10-4-3-7-23-55(2,51)52)45-32-17-12-29(25-43)13-18-32/h5-6,8-9,11,15-16,20,24,29,32,34-35,45H,3-4,7,10,12-14,17-19,21-23,25-27,43-44H2,1-2H3/t29?,32?,34-,35+/m1/s1. The van der Waals surface area contributed by atoms with Gasteiger partial charge in [-0.1, -0.05) is 66.9 Å². The molecule has 1 aliphatic heterocycles. The molecule has 1 aliphatic carbocycles. The van der Waals surface area contributed by atoms with Gasteiger partial charge in [-0.25, -0.2) is 13.2 Å². The molecule has 1 saturated heterocycles. The number of nitrogens with one attached hydrogen (secondary N) is 1. The van der Waals surface area contributed by atoms with Gasteiger partial charge in [0, 0.05) is 55.1 Å². The zero-order chi connectivity index (χ0) is 39.5. The first-order valence-corrected chi connectivity index (χ1v) is 21.8. The average molecular weight is 798 g/mol. The van der Waals surface area contributed by atoms with Crippen molar-refractivity contribution in [2.45, 2.75) is 88.9 Å². The van der Waals surface area contributed by atoms with Crippen LogP contribution in [0.25, 0.3) is 10.8 Å². The Bertz CT molecular complexity index is 1900. The predicted molar refractivity (Wildman–Crippen MR) is 216 cm³/mol. The van der Waals surface area contributed by atoms with Crippen LogP contribution < -0.4 is 26.3 Å². The van der Waals surface area contributed by atoms with Crippen molar-refractivity contribution in [2.24, 2.45) is 17.4 Å². The Balaban J connectivity index is 1.35. The summed E-state index contributed by atoms with van der Waals surface area (Å²) in [7, 11) is -1.51. The number of carbonyl (C=O) groups excluding carboxylic acids is 3. The Kier molecular flexibility index (Phi) is 15.3. The Labute approximate surface area is 330 Å². The van der Waals surface area contributed by atoms with E-state index in [1.807, 2.05) is 48.5 Å². The number of nitrogens with two attached hydrogens (primary N) is 2. The van der Waals surface area contributed by atoms with Crippen molar-refractivity contribution in [3.8, 4) is 11.5 Å². The van der Waals surface area contributed by atoms with Gasteiger partial charge in [0.05, 0.1) is 24.7 Å². The number of sulfone groups is 1. The minimum Gasteiger partial charge on any atom is -0.496 e. The minimum atomic E-state index is -3.08. The van der Waals surface area contributed by atoms with Gasteiger partial charge < -0.3 is 36.1 Å². The van der Waals surface area contributed by atoms with Crippen LogP contribution in [0, 0.1) is 5.92 Å². The molecule has 55 heavy (non-hydrogen) atoms. The summed E-state index contributed by atoms with van der Waals surface area (Å²) in [6.45, 7) is 1.23. The summed E-state index contributed by atoms with van der Waals surface area (Å²) < 4.78 is 34.8. The van der Waals surface area contributed by atoms with Crippen molar-refractivity contribution in [3.63, 3.8) is 0 Å². The molecule has 0 bridgehead atoms. The van der Waals surface area contributed by atoms with E-state index in [2.05, 4.69) is 5.32 Å². The van der Waals surface area contributed by atoms with Crippen LogP contribution in [-0.4, -0.2) is 99.4 Å². The summed E-state index contributed by atoms with van der Waals surface area (Å²) >= 11 is 6.66. The van der Waals surface area contributed by atoms with Gasteiger partial charge >= 0.3 is 6.09 Å². The van der Waals surface area contributed by atoms with Crippen LogP contribution in [0.3, 0.4) is 0 Å². The van der Waals surface area contributed by atoms with Crippen molar-refractivity contribution in [3.05, 3.63) is 70.7 Å². The highest BCUT2D eigenvalue weighted by molar-refractivity contribution is 7.90. The molecular formula is C41H56ClN5O7S. The lowest BCUT2D eigenvalue weighted by Crippen LogP contribution is -2.63. The number of hydrogen-bond acceptors (Lipinski definition) is 10. The number of aryl methyl sites for hydroxylation is 1.